The van der Waals surface area contributed by atoms with E-state index in [0.717, 1.165) is 60.4 Å². The Labute approximate surface area is 197 Å². The summed E-state index contributed by atoms with van der Waals surface area (Å²) in [7, 11) is 1.57. The summed E-state index contributed by atoms with van der Waals surface area (Å²) >= 11 is 0. The lowest BCUT2D eigenvalue weighted by Gasteiger charge is -2.28. The van der Waals surface area contributed by atoms with Crippen molar-refractivity contribution in [2.75, 3.05) is 38.3 Å². The van der Waals surface area contributed by atoms with Gasteiger partial charge in [0.15, 0.2) is 5.82 Å². The average Bonchev–Trinajstić information content (AvgIpc) is 3.54. The van der Waals surface area contributed by atoms with Crippen LogP contribution in [0.5, 0.6) is 6.01 Å². The number of fused-ring (bicyclic) bond motifs is 3. The smallest absolute Gasteiger partial charge is 0.320 e. The number of anilines is 1. The molecule has 0 spiro atoms. The van der Waals surface area contributed by atoms with Gasteiger partial charge < -0.3 is 19.7 Å². The fraction of sp³-hybridized carbons (Fsp3) is 0.522. The monoisotopic (exact) mass is 474 g/mol. The summed E-state index contributed by atoms with van der Waals surface area (Å²) in [4.78, 5) is 11.4. The van der Waals surface area contributed by atoms with Gasteiger partial charge in [-0.3, -0.25) is 0 Å². The normalized spacial score (nSPS) is 26.6. The Hall–Kier alpha value is -2.49. The van der Waals surface area contributed by atoms with Crippen molar-refractivity contribution >= 4 is 29.1 Å². The Kier molecular flexibility index (Phi) is 5.88. The summed E-state index contributed by atoms with van der Waals surface area (Å²) < 4.78 is 27.7. The first-order valence-electron chi connectivity index (χ1n) is 11.3. The number of rotatable bonds is 4. The fourth-order valence-electron chi connectivity index (χ4n) is 5.39. The number of morpholine rings is 1. The molecule has 8 nitrogen and oxygen atoms in total. The molecule has 4 atom stereocenters. The van der Waals surface area contributed by atoms with Gasteiger partial charge in [-0.15, -0.1) is 12.4 Å². The number of aromatic nitrogens is 4. The molecule has 3 aromatic rings. The molecule has 2 aromatic heterocycles. The molecule has 0 aliphatic carbocycles. The highest BCUT2D eigenvalue weighted by Crippen LogP contribution is 2.35. The second kappa shape index (κ2) is 8.70. The highest BCUT2D eigenvalue weighted by Gasteiger charge is 2.40. The maximum Gasteiger partial charge on any atom is 0.320 e. The van der Waals surface area contributed by atoms with Gasteiger partial charge in [0.25, 0.3) is 0 Å². The van der Waals surface area contributed by atoms with Crippen LogP contribution >= 0.6 is 12.4 Å². The van der Waals surface area contributed by atoms with Crippen LogP contribution in [0, 0.1) is 6.92 Å². The SMILES string of the molecule is COc1nc(N2C[C@H]3C[C@@H]2CO3)cc(-n2ncc3cc(C)c(C4CCNCC4F)cc32)n1.Cl. The van der Waals surface area contributed by atoms with Gasteiger partial charge in [0.2, 0.25) is 0 Å². The quantitative estimate of drug-likeness (QED) is 0.623. The molecule has 0 radical (unpaired) electrons. The van der Waals surface area contributed by atoms with E-state index in [-0.39, 0.29) is 24.4 Å². The van der Waals surface area contributed by atoms with Crippen molar-refractivity contribution in [1.29, 1.82) is 0 Å². The number of alkyl halides is 1. The van der Waals surface area contributed by atoms with E-state index in [1.807, 2.05) is 16.9 Å². The predicted octanol–water partition coefficient (Wildman–Crippen LogP) is 2.95. The van der Waals surface area contributed by atoms with Crippen LogP contribution in [0.15, 0.2) is 24.4 Å². The van der Waals surface area contributed by atoms with Crippen LogP contribution in [0.4, 0.5) is 10.2 Å². The summed E-state index contributed by atoms with van der Waals surface area (Å²) in [5, 5.41) is 8.77. The van der Waals surface area contributed by atoms with Gasteiger partial charge in [-0.1, -0.05) is 0 Å². The lowest BCUT2D eigenvalue weighted by atomic mass is 9.85. The number of benzene rings is 1. The van der Waals surface area contributed by atoms with Crippen LogP contribution in [0.25, 0.3) is 16.7 Å². The Balaban J connectivity index is 0.00000228. The number of ether oxygens (including phenoxy) is 2. The van der Waals surface area contributed by atoms with Crippen LogP contribution in [0.1, 0.15) is 29.9 Å². The first-order valence-corrected chi connectivity index (χ1v) is 11.3. The highest BCUT2D eigenvalue weighted by molar-refractivity contribution is 5.85. The molecule has 1 aromatic carbocycles. The summed E-state index contributed by atoms with van der Waals surface area (Å²) in [6.07, 6.45) is 3.01. The zero-order valence-corrected chi connectivity index (χ0v) is 19.5. The maximum atomic E-state index is 14.7. The van der Waals surface area contributed by atoms with Gasteiger partial charge in [-0.25, -0.2) is 9.07 Å². The van der Waals surface area contributed by atoms with E-state index in [1.54, 1.807) is 7.11 Å². The first kappa shape index (κ1) is 22.3. The van der Waals surface area contributed by atoms with Crippen LogP contribution < -0.4 is 15.0 Å². The number of aryl methyl sites for hydroxylation is 1. The van der Waals surface area contributed by atoms with Gasteiger partial charge in [-0.05, 0) is 49.6 Å². The van der Waals surface area contributed by atoms with E-state index in [2.05, 4.69) is 44.3 Å². The Morgan fingerprint density at radius 1 is 1.21 bits per heavy atom. The van der Waals surface area contributed by atoms with E-state index in [0.29, 0.717) is 24.4 Å². The second-order valence-corrected chi connectivity index (χ2v) is 9.01. The molecule has 3 fully saturated rings. The summed E-state index contributed by atoms with van der Waals surface area (Å²) in [6, 6.07) is 6.77. The van der Waals surface area contributed by atoms with Crippen molar-refractivity contribution in [2.45, 2.75) is 44.0 Å². The molecule has 6 rings (SSSR count). The number of piperidine rings is 1. The number of hydrogen-bond acceptors (Lipinski definition) is 7. The summed E-state index contributed by atoms with van der Waals surface area (Å²) in [5.41, 5.74) is 3.05. The van der Waals surface area contributed by atoms with Crippen molar-refractivity contribution in [3.05, 3.63) is 35.5 Å². The molecule has 176 valence electrons. The molecule has 3 saturated heterocycles. The number of nitrogens with zero attached hydrogens (tertiary/aromatic N) is 5. The van der Waals surface area contributed by atoms with E-state index in [9.17, 15) is 4.39 Å². The van der Waals surface area contributed by atoms with Crippen LogP contribution in [0.3, 0.4) is 0 Å². The summed E-state index contributed by atoms with van der Waals surface area (Å²) in [6.45, 7) is 4.82. The molecule has 2 unspecified atom stereocenters. The topological polar surface area (TPSA) is 77.3 Å². The third-order valence-corrected chi connectivity index (χ3v) is 7.04. The Morgan fingerprint density at radius 2 is 2.06 bits per heavy atom. The lowest BCUT2D eigenvalue weighted by Crippen LogP contribution is -2.37. The van der Waals surface area contributed by atoms with Crippen molar-refractivity contribution in [3.63, 3.8) is 0 Å². The molecule has 0 saturated carbocycles. The molecule has 1 N–H and O–H groups in total. The maximum absolute atomic E-state index is 14.7. The van der Waals surface area contributed by atoms with Gasteiger partial charge in [-0.2, -0.15) is 15.1 Å². The van der Waals surface area contributed by atoms with Crippen molar-refractivity contribution in [2.24, 2.45) is 0 Å². The third-order valence-electron chi connectivity index (χ3n) is 7.04. The van der Waals surface area contributed by atoms with Crippen molar-refractivity contribution < 1.29 is 13.9 Å². The van der Waals surface area contributed by atoms with E-state index in [4.69, 9.17) is 9.47 Å². The van der Waals surface area contributed by atoms with E-state index >= 15 is 0 Å². The van der Waals surface area contributed by atoms with Crippen molar-refractivity contribution in [3.8, 4) is 11.8 Å². The lowest BCUT2D eigenvalue weighted by molar-refractivity contribution is 0.0988. The Morgan fingerprint density at radius 3 is 2.79 bits per heavy atom. The minimum atomic E-state index is -0.894. The second-order valence-electron chi connectivity index (χ2n) is 9.01. The van der Waals surface area contributed by atoms with Crippen LogP contribution in [0.2, 0.25) is 0 Å². The molecule has 5 heterocycles. The van der Waals surface area contributed by atoms with E-state index in [1.165, 1.54) is 0 Å². The number of nitrogens with one attached hydrogen (secondary N) is 1. The molecule has 33 heavy (non-hydrogen) atoms. The molecular weight excluding hydrogens is 447 g/mol. The Bertz CT molecular complexity index is 1170. The average molecular weight is 475 g/mol. The summed E-state index contributed by atoms with van der Waals surface area (Å²) in [5.74, 6) is 1.35. The highest BCUT2D eigenvalue weighted by atomic mass is 35.5. The van der Waals surface area contributed by atoms with Crippen LogP contribution in [-0.2, 0) is 4.74 Å². The number of halogens is 2. The predicted molar refractivity (Wildman–Crippen MR) is 126 cm³/mol. The van der Waals surface area contributed by atoms with Gasteiger partial charge in [0.05, 0.1) is 37.6 Å². The van der Waals surface area contributed by atoms with Gasteiger partial charge >= 0.3 is 6.01 Å². The molecule has 2 bridgehead atoms. The van der Waals surface area contributed by atoms with Crippen LogP contribution in [-0.4, -0.2) is 71.4 Å². The third kappa shape index (κ3) is 3.82. The molecule has 0 amide bonds. The fourth-order valence-corrected chi connectivity index (χ4v) is 5.39. The van der Waals surface area contributed by atoms with Gasteiger partial charge in [0, 0.05) is 30.5 Å². The minimum Gasteiger partial charge on any atom is -0.467 e. The minimum absolute atomic E-state index is 0. The number of methoxy groups -OCH3 is 1. The number of hydrogen-bond donors (Lipinski definition) is 1. The standard InChI is InChI=1S/C23H27FN6O2.ClH/c1-13-5-14-9-26-30(20(14)7-18(13)17-3-4-25-10-19(17)24)22-8-21(27-23(28-22)31-2)29-11-16-6-15(29)12-32-16;/h5,7-9,15-17,19,25H,3-4,6,10-12H2,1-2H3;1H/t15-,16-,17?,19?;/m1./s1. The molecule has 10 heteroatoms. The molecule has 3 aliphatic rings. The zero-order chi connectivity index (χ0) is 21.8. The van der Waals surface area contributed by atoms with E-state index < -0.39 is 6.17 Å². The van der Waals surface area contributed by atoms with Gasteiger partial charge in [0.1, 0.15) is 12.0 Å². The van der Waals surface area contributed by atoms with Crippen molar-refractivity contribution in [1.82, 2.24) is 25.1 Å². The molecule has 3 aliphatic heterocycles. The zero-order valence-electron chi connectivity index (χ0n) is 18.7. The largest absolute Gasteiger partial charge is 0.467 e. The molecular formula is C23H28ClFN6O2. The first-order chi connectivity index (χ1) is 15.6.